The van der Waals surface area contributed by atoms with Crippen LogP contribution in [-0.4, -0.2) is 31.1 Å². The molecule has 0 spiro atoms. The predicted octanol–water partition coefficient (Wildman–Crippen LogP) is 2.37. The zero-order chi connectivity index (χ0) is 13.4. The van der Waals surface area contributed by atoms with E-state index in [1.165, 1.54) is 0 Å². The van der Waals surface area contributed by atoms with Crippen LogP contribution in [0.2, 0.25) is 5.02 Å². The number of halogens is 1. The number of carbonyl (C=O) groups excluding carboxylic acids is 1. The number of rotatable bonds is 7. The first kappa shape index (κ1) is 15.1. The summed E-state index contributed by atoms with van der Waals surface area (Å²) in [5, 5.41) is 3.34. The molecule has 0 atom stereocenters. The van der Waals surface area contributed by atoms with Crippen LogP contribution in [0.5, 0.6) is 5.75 Å². The van der Waals surface area contributed by atoms with Gasteiger partial charge in [0.05, 0.1) is 18.6 Å². The SMILES string of the molecule is COc1ccc(Cl)cc1NC(=O)CSCCCN. The highest BCUT2D eigenvalue weighted by atomic mass is 35.5. The van der Waals surface area contributed by atoms with Crippen LogP contribution in [0.1, 0.15) is 6.42 Å². The van der Waals surface area contributed by atoms with Gasteiger partial charge in [-0.05, 0) is 36.9 Å². The molecule has 1 aromatic rings. The second-order valence-electron chi connectivity index (χ2n) is 3.59. The summed E-state index contributed by atoms with van der Waals surface area (Å²) in [4.78, 5) is 11.7. The minimum Gasteiger partial charge on any atom is -0.495 e. The first-order valence-corrected chi connectivity index (χ1v) is 7.12. The van der Waals surface area contributed by atoms with Gasteiger partial charge < -0.3 is 15.8 Å². The number of nitrogens with one attached hydrogen (secondary N) is 1. The van der Waals surface area contributed by atoms with E-state index < -0.39 is 0 Å². The molecule has 0 radical (unpaired) electrons. The Morgan fingerprint density at radius 3 is 3.00 bits per heavy atom. The van der Waals surface area contributed by atoms with Crippen molar-refractivity contribution in [2.24, 2.45) is 5.73 Å². The fourth-order valence-corrected chi connectivity index (χ4v) is 2.26. The number of hydrogen-bond acceptors (Lipinski definition) is 4. The Hall–Kier alpha value is -0.910. The molecule has 1 rings (SSSR count). The standard InChI is InChI=1S/C12H17ClN2O2S/c1-17-11-4-3-9(13)7-10(11)15-12(16)8-18-6-2-5-14/h3-4,7H,2,5-6,8,14H2,1H3,(H,15,16). The average molecular weight is 289 g/mol. The Labute approximate surface area is 116 Å². The molecule has 4 nitrogen and oxygen atoms in total. The highest BCUT2D eigenvalue weighted by Gasteiger charge is 2.08. The van der Waals surface area contributed by atoms with Crippen LogP contribution in [0.4, 0.5) is 5.69 Å². The molecule has 0 aromatic heterocycles. The van der Waals surface area contributed by atoms with Crippen LogP contribution in [0.15, 0.2) is 18.2 Å². The van der Waals surface area contributed by atoms with Gasteiger partial charge in [0.15, 0.2) is 0 Å². The Bertz CT molecular complexity index is 402. The Kier molecular flexibility index (Phi) is 6.93. The molecule has 0 aliphatic carbocycles. The first-order chi connectivity index (χ1) is 8.67. The Balaban J connectivity index is 2.50. The monoisotopic (exact) mass is 288 g/mol. The van der Waals surface area contributed by atoms with Gasteiger partial charge in [0.2, 0.25) is 5.91 Å². The van der Waals surface area contributed by atoms with Gasteiger partial charge in [-0.25, -0.2) is 0 Å². The molecule has 100 valence electrons. The van der Waals surface area contributed by atoms with Crippen LogP contribution in [-0.2, 0) is 4.79 Å². The molecule has 6 heteroatoms. The summed E-state index contributed by atoms with van der Waals surface area (Å²) in [5.74, 6) is 1.81. The van der Waals surface area contributed by atoms with E-state index in [1.54, 1.807) is 37.1 Å². The Morgan fingerprint density at radius 2 is 2.33 bits per heavy atom. The van der Waals surface area contributed by atoms with Crippen molar-refractivity contribution in [3.8, 4) is 5.75 Å². The van der Waals surface area contributed by atoms with E-state index >= 15 is 0 Å². The van der Waals surface area contributed by atoms with Gasteiger partial charge in [-0.15, -0.1) is 0 Å². The number of thioether (sulfide) groups is 1. The molecule has 0 aliphatic heterocycles. The van der Waals surface area contributed by atoms with Crippen molar-refractivity contribution in [3.63, 3.8) is 0 Å². The first-order valence-electron chi connectivity index (χ1n) is 5.58. The van der Waals surface area contributed by atoms with Crippen molar-refractivity contribution in [3.05, 3.63) is 23.2 Å². The van der Waals surface area contributed by atoms with Crippen LogP contribution < -0.4 is 15.8 Å². The summed E-state index contributed by atoms with van der Waals surface area (Å²) in [6, 6.07) is 5.11. The number of amides is 1. The van der Waals surface area contributed by atoms with Crippen molar-refractivity contribution in [1.29, 1.82) is 0 Å². The Morgan fingerprint density at radius 1 is 1.56 bits per heavy atom. The highest BCUT2D eigenvalue weighted by Crippen LogP contribution is 2.27. The smallest absolute Gasteiger partial charge is 0.234 e. The maximum Gasteiger partial charge on any atom is 0.234 e. The third kappa shape index (κ3) is 5.16. The normalized spacial score (nSPS) is 10.2. The molecular formula is C12H17ClN2O2S. The molecule has 0 heterocycles. The summed E-state index contributed by atoms with van der Waals surface area (Å²) in [6.45, 7) is 0.650. The van der Waals surface area contributed by atoms with Crippen molar-refractivity contribution < 1.29 is 9.53 Å². The van der Waals surface area contributed by atoms with Gasteiger partial charge in [-0.2, -0.15) is 11.8 Å². The molecule has 3 N–H and O–H groups in total. The number of hydrogen-bond donors (Lipinski definition) is 2. The number of nitrogens with two attached hydrogens (primary N) is 1. The summed E-state index contributed by atoms with van der Waals surface area (Å²) < 4.78 is 5.15. The van der Waals surface area contributed by atoms with Gasteiger partial charge in [0.1, 0.15) is 5.75 Å². The fourth-order valence-electron chi connectivity index (χ4n) is 1.31. The van der Waals surface area contributed by atoms with Crippen LogP contribution in [0.3, 0.4) is 0 Å². The van der Waals surface area contributed by atoms with Crippen molar-refractivity contribution >= 4 is 35.0 Å². The van der Waals surface area contributed by atoms with E-state index in [2.05, 4.69) is 5.32 Å². The molecule has 1 aromatic carbocycles. The maximum atomic E-state index is 11.7. The van der Waals surface area contributed by atoms with Crippen LogP contribution in [0.25, 0.3) is 0 Å². The van der Waals surface area contributed by atoms with Crippen molar-refractivity contribution in [2.75, 3.05) is 30.5 Å². The van der Waals surface area contributed by atoms with Gasteiger partial charge in [0, 0.05) is 5.02 Å². The molecule has 18 heavy (non-hydrogen) atoms. The molecule has 0 aliphatic rings. The fraction of sp³-hybridized carbons (Fsp3) is 0.417. The van der Waals surface area contributed by atoms with Gasteiger partial charge in [-0.3, -0.25) is 4.79 Å². The molecule has 0 saturated carbocycles. The zero-order valence-corrected chi connectivity index (χ0v) is 11.8. The zero-order valence-electron chi connectivity index (χ0n) is 10.2. The number of anilines is 1. The number of benzene rings is 1. The topological polar surface area (TPSA) is 64.3 Å². The molecule has 0 bridgehead atoms. The average Bonchev–Trinajstić information content (AvgIpc) is 2.35. The van der Waals surface area contributed by atoms with Crippen molar-refractivity contribution in [2.45, 2.75) is 6.42 Å². The molecule has 1 amide bonds. The van der Waals surface area contributed by atoms with Crippen molar-refractivity contribution in [1.82, 2.24) is 0 Å². The minimum absolute atomic E-state index is 0.0717. The summed E-state index contributed by atoms with van der Waals surface area (Å²) in [7, 11) is 1.55. The second-order valence-corrected chi connectivity index (χ2v) is 5.13. The summed E-state index contributed by atoms with van der Waals surface area (Å²) >= 11 is 7.43. The molecule has 0 unspecified atom stereocenters. The second kappa shape index (κ2) is 8.24. The van der Waals surface area contributed by atoms with Crippen LogP contribution >= 0.6 is 23.4 Å². The summed E-state index contributed by atoms with van der Waals surface area (Å²) in [6.07, 6.45) is 0.915. The highest BCUT2D eigenvalue weighted by molar-refractivity contribution is 7.99. The van der Waals surface area contributed by atoms with Crippen LogP contribution in [0, 0.1) is 0 Å². The molecular weight excluding hydrogens is 272 g/mol. The quantitative estimate of drug-likeness (QED) is 0.756. The van der Waals surface area contributed by atoms with E-state index in [1.807, 2.05) is 0 Å². The van der Waals surface area contributed by atoms with E-state index in [9.17, 15) is 4.79 Å². The summed E-state index contributed by atoms with van der Waals surface area (Å²) in [5.41, 5.74) is 5.97. The molecule has 0 saturated heterocycles. The van der Waals surface area contributed by atoms with E-state index in [4.69, 9.17) is 22.1 Å². The maximum absolute atomic E-state index is 11.7. The lowest BCUT2D eigenvalue weighted by Gasteiger charge is -2.10. The van der Waals surface area contributed by atoms with Gasteiger partial charge >= 0.3 is 0 Å². The number of ether oxygens (including phenoxy) is 1. The minimum atomic E-state index is -0.0717. The lowest BCUT2D eigenvalue weighted by atomic mass is 10.3. The third-order valence-electron chi connectivity index (χ3n) is 2.16. The predicted molar refractivity (Wildman–Crippen MR) is 77.6 cm³/mol. The molecule has 0 fully saturated rings. The number of carbonyl (C=O) groups is 1. The van der Waals surface area contributed by atoms with E-state index in [0.717, 1.165) is 12.2 Å². The van der Waals surface area contributed by atoms with Gasteiger partial charge in [-0.1, -0.05) is 11.6 Å². The third-order valence-corrected chi connectivity index (χ3v) is 3.44. The number of methoxy groups -OCH3 is 1. The largest absolute Gasteiger partial charge is 0.495 e. The van der Waals surface area contributed by atoms with Gasteiger partial charge in [0.25, 0.3) is 0 Å². The lowest BCUT2D eigenvalue weighted by molar-refractivity contribution is -0.113. The van der Waals surface area contributed by atoms with E-state index in [0.29, 0.717) is 28.8 Å². The van der Waals surface area contributed by atoms with E-state index in [-0.39, 0.29) is 5.91 Å². The lowest BCUT2D eigenvalue weighted by Crippen LogP contribution is -2.15.